The zero-order valence-corrected chi connectivity index (χ0v) is 12.6. The Labute approximate surface area is 117 Å². The maximum atomic E-state index is 4.13. The summed E-state index contributed by atoms with van der Waals surface area (Å²) in [5.41, 5.74) is 2.43. The molecule has 90 valence electrons. The molecule has 5 heteroatoms. The van der Waals surface area contributed by atoms with E-state index >= 15 is 0 Å². The molecule has 0 saturated carbocycles. The van der Waals surface area contributed by atoms with Crippen molar-refractivity contribution in [2.75, 3.05) is 0 Å². The molecule has 0 radical (unpaired) electrons. The highest BCUT2D eigenvalue weighted by Gasteiger charge is 2.00. The topological polar surface area (TPSA) is 29.9 Å². The van der Waals surface area contributed by atoms with Crippen LogP contribution in [0, 0.1) is 0 Å². The number of hydrogen-bond donors (Lipinski definition) is 1. The van der Waals surface area contributed by atoms with Gasteiger partial charge >= 0.3 is 0 Å². The highest BCUT2D eigenvalue weighted by molar-refractivity contribution is 9.13. The number of aromatic nitrogens is 2. The van der Waals surface area contributed by atoms with Crippen molar-refractivity contribution >= 4 is 31.9 Å². The van der Waals surface area contributed by atoms with Crippen LogP contribution in [0.4, 0.5) is 0 Å². The van der Waals surface area contributed by atoms with Crippen LogP contribution in [0.1, 0.15) is 11.3 Å². The predicted octanol–water partition coefficient (Wildman–Crippen LogP) is 3.23. The first-order valence-electron chi connectivity index (χ1n) is 5.28. The minimum Gasteiger partial charge on any atom is -0.307 e. The zero-order valence-electron chi connectivity index (χ0n) is 9.45. The van der Waals surface area contributed by atoms with Crippen molar-refractivity contribution in [1.82, 2.24) is 15.1 Å². The van der Waals surface area contributed by atoms with E-state index in [2.05, 4.69) is 54.4 Å². The Kier molecular flexibility index (Phi) is 4.36. The number of rotatable bonds is 4. The van der Waals surface area contributed by atoms with Crippen LogP contribution in [0.2, 0.25) is 0 Å². The number of aryl methyl sites for hydroxylation is 1. The molecule has 0 aliphatic heterocycles. The van der Waals surface area contributed by atoms with Crippen LogP contribution in [0.3, 0.4) is 0 Å². The number of benzene rings is 1. The van der Waals surface area contributed by atoms with E-state index in [1.54, 1.807) is 0 Å². The van der Waals surface area contributed by atoms with E-state index in [9.17, 15) is 0 Å². The highest BCUT2D eigenvalue weighted by Crippen LogP contribution is 2.23. The molecule has 1 heterocycles. The van der Waals surface area contributed by atoms with E-state index < -0.39 is 0 Å². The molecule has 0 amide bonds. The molecule has 2 rings (SSSR count). The fourth-order valence-electron chi connectivity index (χ4n) is 1.56. The standard InChI is InChI=1S/C12H13Br2N3/c1-17-10(4-5-16-17)8-15-7-9-2-3-11(13)12(14)6-9/h2-6,15H,7-8H2,1H3. The van der Waals surface area contributed by atoms with Gasteiger partial charge in [-0.05, 0) is 55.6 Å². The predicted molar refractivity (Wildman–Crippen MR) is 75.6 cm³/mol. The lowest BCUT2D eigenvalue weighted by Gasteiger charge is -2.06. The van der Waals surface area contributed by atoms with Gasteiger partial charge in [-0.1, -0.05) is 6.07 Å². The van der Waals surface area contributed by atoms with Gasteiger partial charge in [-0.25, -0.2) is 0 Å². The molecular formula is C12H13Br2N3. The number of halogens is 2. The Balaban J connectivity index is 1.90. The van der Waals surface area contributed by atoms with Crippen LogP contribution in [0.15, 0.2) is 39.4 Å². The molecule has 0 saturated heterocycles. The molecular weight excluding hydrogens is 346 g/mol. The van der Waals surface area contributed by atoms with Gasteiger partial charge in [-0.2, -0.15) is 5.10 Å². The summed E-state index contributed by atoms with van der Waals surface area (Å²) in [6, 6.07) is 8.28. The maximum absolute atomic E-state index is 4.13. The lowest BCUT2D eigenvalue weighted by atomic mass is 10.2. The summed E-state index contributed by atoms with van der Waals surface area (Å²) in [6.45, 7) is 1.67. The van der Waals surface area contributed by atoms with E-state index in [4.69, 9.17) is 0 Å². The van der Waals surface area contributed by atoms with Gasteiger partial charge in [0.25, 0.3) is 0 Å². The van der Waals surface area contributed by atoms with Crippen LogP contribution in [0.5, 0.6) is 0 Å². The minimum atomic E-state index is 0.824. The molecule has 1 aromatic heterocycles. The second kappa shape index (κ2) is 5.80. The van der Waals surface area contributed by atoms with Crippen LogP contribution < -0.4 is 5.32 Å². The molecule has 1 aromatic carbocycles. The third kappa shape index (κ3) is 3.40. The van der Waals surface area contributed by atoms with Crippen LogP contribution in [0.25, 0.3) is 0 Å². The second-order valence-corrected chi connectivity index (χ2v) is 5.51. The lowest BCUT2D eigenvalue weighted by molar-refractivity contribution is 0.626. The second-order valence-electron chi connectivity index (χ2n) is 3.80. The third-order valence-electron chi connectivity index (χ3n) is 2.54. The maximum Gasteiger partial charge on any atom is 0.0518 e. The lowest BCUT2D eigenvalue weighted by Crippen LogP contribution is -2.15. The molecule has 0 unspecified atom stereocenters. The highest BCUT2D eigenvalue weighted by atomic mass is 79.9. The summed E-state index contributed by atoms with van der Waals surface area (Å²) >= 11 is 6.96. The Bertz CT molecular complexity index is 508. The molecule has 2 aromatic rings. The molecule has 17 heavy (non-hydrogen) atoms. The van der Waals surface area contributed by atoms with Crippen molar-refractivity contribution in [1.29, 1.82) is 0 Å². The van der Waals surface area contributed by atoms with E-state index in [1.165, 1.54) is 11.3 Å². The molecule has 3 nitrogen and oxygen atoms in total. The first kappa shape index (κ1) is 12.8. The van der Waals surface area contributed by atoms with Gasteiger partial charge in [0.15, 0.2) is 0 Å². The van der Waals surface area contributed by atoms with E-state index in [0.717, 1.165) is 22.0 Å². The largest absolute Gasteiger partial charge is 0.307 e. The summed E-state index contributed by atoms with van der Waals surface area (Å²) in [5, 5.41) is 7.53. The van der Waals surface area contributed by atoms with Crippen LogP contribution in [-0.2, 0) is 20.1 Å². The fourth-order valence-corrected chi connectivity index (χ4v) is 2.23. The van der Waals surface area contributed by atoms with Gasteiger partial charge in [-0.3, -0.25) is 4.68 Å². The van der Waals surface area contributed by atoms with Crippen molar-refractivity contribution in [3.05, 3.63) is 50.7 Å². The third-order valence-corrected chi connectivity index (χ3v) is 4.42. The SMILES string of the molecule is Cn1nccc1CNCc1ccc(Br)c(Br)c1. The van der Waals surface area contributed by atoms with Gasteiger partial charge in [0.1, 0.15) is 0 Å². The fraction of sp³-hybridized carbons (Fsp3) is 0.250. The van der Waals surface area contributed by atoms with Crippen molar-refractivity contribution in [2.24, 2.45) is 7.05 Å². The Hall–Kier alpha value is -0.650. The Morgan fingerprint density at radius 3 is 2.65 bits per heavy atom. The van der Waals surface area contributed by atoms with E-state index in [0.29, 0.717) is 0 Å². The molecule has 0 spiro atoms. The van der Waals surface area contributed by atoms with E-state index in [-0.39, 0.29) is 0 Å². The van der Waals surface area contributed by atoms with E-state index in [1.807, 2.05) is 30.1 Å². The van der Waals surface area contributed by atoms with Crippen LogP contribution >= 0.6 is 31.9 Å². The Morgan fingerprint density at radius 2 is 2.00 bits per heavy atom. The summed E-state index contributed by atoms with van der Waals surface area (Å²) in [6.07, 6.45) is 1.81. The molecule has 0 fully saturated rings. The summed E-state index contributed by atoms with van der Waals surface area (Å²) < 4.78 is 4.04. The average Bonchev–Trinajstić information content (AvgIpc) is 2.70. The summed E-state index contributed by atoms with van der Waals surface area (Å²) in [4.78, 5) is 0. The normalized spacial score (nSPS) is 10.8. The smallest absolute Gasteiger partial charge is 0.0518 e. The van der Waals surface area contributed by atoms with Gasteiger partial charge in [0.2, 0.25) is 0 Å². The Morgan fingerprint density at radius 1 is 1.18 bits per heavy atom. The monoisotopic (exact) mass is 357 g/mol. The van der Waals surface area contributed by atoms with Gasteiger partial charge in [-0.15, -0.1) is 0 Å². The first-order valence-corrected chi connectivity index (χ1v) is 6.87. The molecule has 0 bridgehead atoms. The van der Waals surface area contributed by atoms with Gasteiger partial charge in [0.05, 0.1) is 5.69 Å². The van der Waals surface area contributed by atoms with Crippen LogP contribution in [-0.4, -0.2) is 9.78 Å². The summed E-state index contributed by atoms with van der Waals surface area (Å²) in [7, 11) is 1.95. The number of hydrogen-bond acceptors (Lipinski definition) is 2. The first-order chi connectivity index (χ1) is 8.16. The molecule has 0 aliphatic carbocycles. The van der Waals surface area contributed by atoms with Crippen molar-refractivity contribution in [2.45, 2.75) is 13.1 Å². The minimum absolute atomic E-state index is 0.824. The number of nitrogens with one attached hydrogen (secondary N) is 1. The average molecular weight is 359 g/mol. The summed E-state index contributed by atoms with van der Waals surface area (Å²) in [5.74, 6) is 0. The van der Waals surface area contributed by atoms with Gasteiger partial charge in [0, 0.05) is 35.3 Å². The quantitative estimate of drug-likeness (QED) is 0.909. The van der Waals surface area contributed by atoms with Crippen molar-refractivity contribution < 1.29 is 0 Å². The molecule has 1 N–H and O–H groups in total. The number of nitrogens with zero attached hydrogens (tertiary/aromatic N) is 2. The van der Waals surface area contributed by atoms with Crippen molar-refractivity contribution in [3.63, 3.8) is 0 Å². The zero-order chi connectivity index (χ0) is 12.3. The molecule has 0 atom stereocenters. The van der Waals surface area contributed by atoms with Crippen molar-refractivity contribution in [3.8, 4) is 0 Å². The molecule has 0 aliphatic rings. The van der Waals surface area contributed by atoms with Gasteiger partial charge < -0.3 is 5.32 Å².